The minimum atomic E-state index is -4.29. The Morgan fingerprint density at radius 1 is 1.50 bits per heavy atom. The SMILES string of the molecule is Nc1nc2sc(CC(F)(F)F)cc2c(=O)[nH]1. The van der Waals surface area contributed by atoms with Crippen molar-refractivity contribution in [3.63, 3.8) is 0 Å². The predicted octanol–water partition coefficient (Wildman–Crippen LogP) is 1.67. The van der Waals surface area contributed by atoms with E-state index >= 15 is 0 Å². The number of nitrogens with two attached hydrogens (primary N) is 1. The average molecular weight is 249 g/mol. The molecule has 0 atom stereocenters. The summed E-state index contributed by atoms with van der Waals surface area (Å²) in [6, 6.07) is 1.19. The normalized spacial score (nSPS) is 12.2. The molecule has 0 saturated heterocycles. The molecule has 4 nitrogen and oxygen atoms in total. The summed E-state index contributed by atoms with van der Waals surface area (Å²) in [6.07, 6.45) is -5.35. The van der Waals surface area contributed by atoms with E-state index in [0.29, 0.717) is 0 Å². The Bertz CT molecular complexity index is 586. The highest BCUT2D eigenvalue weighted by Crippen LogP contribution is 2.28. The van der Waals surface area contributed by atoms with Crippen LogP contribution in [0.25, 0.3) is 10.2 Å². The van der Waals surface area contributed by atoms with Crippen molar-refractivity contribution in [1.29, 1.82) is 0 Å². The Hall–Kier alpha value is -1.57. The molecule has 0 aliphatic rings. The molecule has 0 saturated carbocycles. The molecule has 0 aliphatic heterocycles. The number of hydrogen-bond donors (Lipinski definition) is 2. The van der Waals surface area contributed by atoms with Crippen LogP contribution in [-0.2, 0) is 6.42 Å². The Balaban J connectivity index is 2.52. The summed E-state index contributed by atoms with van der Waals surface area (Å²) in [5.41, 5.74) is 4.76. The van der Waals surface area contributed by atoms with Gasteiger partial charge in [0, 0.05) is 4.88 Å². The van der Waals surface area contributed by atoms with E-state index in [2.05, 4.69) is 9.97 Å². The highest BCUT2D eigenvalue weighted by molar-refractivity contribution is 7.18. The number of alkyl halides is 3. The van der Waals surface area contributed by atoms with Gasteiger partial charge in [0.2, 0.25) is 5.95 Å². The van der Waals surface area contributed by atoms with Crippen molar-refractivity contribution < 1.29 is 13.2 Å². The van der Waals surface area contributed by atoms with Crippen LogP contribution in [-0.4, -0.2) is 16.1 Å². The third-order valence-corrected chi connectivity index (χ3v) is 2.88. The number of nitrogen functional groups attached to an aromatic ring is 1. The van der Waals surface area contributed by atoms with E-state index in [0.717, 1.165) is 11.3 Å². The summed E-state index contributed by atoms with van der Waals surface area (Å²) in [7, 11) is 0. The van der Waals surface area contributed by atoms with E-state index in [-0.39, 0.29) is 21.0 Å². The predicted molar refractivity (Wildman–Crippen MR) is 54.4 cm³/mol. The number of H-pyrrole nitrogens is 1. The molecule has 16 heavy (non-hydrogen) atoms. The lowest BCUT2D eigenvalue weighted by Gasteiger charge is -2.01. The monoisotopic (exact) mass is 249 g/mol. The summed E-state index contributed by atoms with van der Waals surface area (Å²) < 4.78 is 36.4. The molecule has 0 aromatic carbocycles. The Morgan fingerprint density at radius 3 is 2.81 bits per heavy atom. The lowest BCUT2D eigenvalue weighted by Crippen LogP contribution is -2.10. The molecule has 0 spiro atoms. The van der Waals surface area contributed by atoms with Crippen LogP contribution in [0.4, 0.5) is 19.1 Å². The van der Waals surface area contributed by atoms with Crippen molar-refractivity contribution in [1.82, 2.24) is 9.97 Å². The van der Waals surface area contributed by atoms with E-state index in [1.54, 1.807) is 0 Å². The first-order valence-electron chi connectivity index (χ1n) is 4.20. The molecular formula is C8H6F3N3OS. The Kier molecular flexibility index (Phi) is 2.38. The molecule has 8 heteroatoms. The fraction of sp³-hybridized carbons (Fsp3) is 0.250. The standard InChI is InChI=1S/C8H6F3N3OS/c9-8(10,11)2-3-1-4-5(15)13-7(12)14-6(4)16-3/h1H,2H2,(H3,12,13,14,15). The van der Waals surface area contributed by atoms with E-state index < -0.39 is 18.2 Å². The molecule has 0 aliphatic carbocycles. The molecule has 2 aromatic rings. The second-order valence-corrected chi connectivity index (χ2v) is 4.29. The maximum atomic E-state index is 12.1. The summed E-state index contributed by atoms with van der Waals surface area (Å²) in [5, 5.41) is 0.137. The number of fused-ring (bicyclic) bond motifs is 1. The fourth-order valence-corrected chi connectivity index (χ4v) is 2.35. The van der Waals surface area contributed by atoms with Gasteiger partial charge in [0.25, 0.3) is 5.56 Å². The van der Waals surface area contributed by atoms with Crippen LogP contribution in [0.1, 0.15) is 4.88 Å². The lowest BCUT2D eigenvalue weighted by atomic mass is 10.3. The second kappa shape index (κ2) is 3.48. The van der Waals surface area contributed by atoms with Gasteiger partial charge in [-0.1, -0.05) is 0 Å². The Morgan fingerprint density at radius 2 is 2.19 bits per heavy atom. The van der Waals surface area contributed by atoms with Crippen LogP contribution in [0.3, 0.4) is 0 Å². The van der Waals surface area contributed by atoms with Crippen molar-refractivity contribution in [3.05, 3.63) is 21.3 Å². The maximum Gasteiger partial charge on any atom is 0.393 e. The topological polar surface area (TPSA) is 71.8 Å². The van der Waals surface area contributed by atoms with Gasteiger partial charge in [-0.25, -0.2) is 4.98 Å². The van der Waals surface area contributed by atoms with E-state index in [1.807, 2.05) is 0 Å². The van der Waals surface area contributed by atoms with Crippen LogP contribution in [0.2, 0.25) is 0 Å². The van der Waals surface area contributed by atoms with Crippen LogP contribution >= 0.6 is 11.3 Å². The third kappa shape index (κ3) is 2.16. The fourth-order valence-electron chi connectivity index (χ4n) is 1.28. The number of rotatable bonds is 1. The maximum absolute atomic E-state index is 12.1. The van der Waals surface area contributed by atoms with Gasteiger partial charge in [0.05, 0.1) is 11.8 Å². The number of aromatic amines is 1. The molecule has 0 radical (unpaired) electrons. The highest BCUT2D eigenvalue weighted by Gasteiger charge is 2.29. The van der Waals surface area contributed by atoms with E-state index in [9.17, 15) is 18.0 Å². The number of halogens is 3. The van der Waals surface area contributed by atoms with Crippen molar-refractivity contribution in [2.24, 2.45) is 0 Å². The summed E-state index contributed by atoms with van der Waals surface area (Å²) >= 11 is 0.821. The van der Waals surface area contributed by atoms with Crippen molar-refractivity contribution in [2.75, 3.05) is 5.73 Å². The van der Waals surface area contributed by atoms with Crippen LogP contribution in [0, 0.1) is 0 Å². The molecule has 86 valence electrons. The molecule has 0 unspecified atom stereocenters. The molecule has 0 bridgehead atoms. The zero-order chi connectivity index (χ0) is 11.9. The van der Waals surface area contributed by atoms with Gasteiger partial charge in [-0.05, 0) is 6.07 Å². The van der Waals surface area contributed by atoms with Gasteiger partial charge in [-0.3, -0.25) is 9.78 Å². The number of aromatic nitrogens is 2. The zero-order valence-corrected chi connectivity index (χ0v) is 8.58. The number of thiophene rings is 1. The van der Waals surface area contributed by atoms with Crippen LogP contribution < -0.4 is 11.3 Å². The van der Waals surface area contributed by atoms with Crippen molar-refractivity contribution >= 4 is 27.5 Å². The molecule has 0 amide bonds. The van der Waals surface area contributed by atoms with Crippen molar-refractivity contribution in [2.45, 2.75) is 12.6 Å². The van der Waals surface area contributed by atoms with Gasteiger partial charge in [0.1, 0.15) is 4.83 Å². The second-order valence-electron chi connectivity index (χ2n) is 3.17. The molecular weight excluding hydrogens is 243 g/mol. The third-order valence-electron chi connectivity index (χ3n) is 1.85. The van der Waals surface area contributed by atoms with Gasteiger partial charge in [-0.2, -0.15) is 13.2 Å². The van der Waals surface area contributed by atoms with Gasteiger partial charge in [-0.15, -0.1) is 11.3 Å². The minimum Gasteiger partial charge on any atom is -0.369 e. The first kappa shape index (κ1) is 10.9. The quantitative estimate of drug-likeness (QED) is 0.807. The summed E-state index contributed by atoms with van der Waals surface area (Å²) in [4.78, 5) is 17.6. The number of anilines is 1. The minimum absolute atomic E-state index is 0.0473. The first-order valence-corrected chi connectivity index (χ1v) is 5.02. The van der Waals surface area contributed by atoms with Crippen molar-refractivity contribution in [3.8, 4) is 0 Å². The molecule has 2 aromatic heterocycles. The number of nitrogens with one attached hydrogen (secondary N) is 1. The average Bonchev–Trinajstić information content (AvgIpc) is 2.43. The van der Waals surface area contributed by atoms with Crippen LogP contribution in [0.15, 0.2) is 10.9 Å². The molecule has 0 fully saturated rings. The summed E-state index contributed by atoms with van der Waals surface area (Å²) in [6.45, 7) is 0. The van der Waals surface area contributed by atoms with E-state index in [1.165, 1.54) is 6.07 Å². The van der Waals surface area contributed by atoms with Gasteiger partial charge in [0.15, 0.2) is 0 Å². The molecule has 2 heterocycles. The lowest BCUT2D eigenvalue weighted by molar-refractivity contribution is -0.126. The molecule has 2 rings (SSSR count). The zero-order valence-electron chi connectivity index (χ0n) is 7.76. The summed E-state index contributed by atoms with van der Waals surface area (Å²) in [5.74, 6) is -0.0992. The number of hydrogen-bond acceptors (Lipinski definition) is 4. The van der Waals surface area contributed by atoms with E-state index in [4.69, 9.17) is 5.73 Å². The highest BCUT2D eigenvalue weighted by atomic mass is 32.1. The largest absolute Gasteiger partial charge is 0.393 e. The van der Waals surface area contributed by atoms with Gasteiger partial charge >= 0.3 is 6.18 Å². The number of nitrogens with zero attached hydrogens (tertiary/aromatic N) is 1. The first-order chi connectivity index (χ1) is 7.35. The molecule has 3 N–H and O–H groups in total. The van der Waals surface area contributed by atoms with Crippen LogP contribution in [0.5, 0.6) is 0 Å². The Labute approximate surface area is 90.9 Å². The van der Waals surface area contributed by atoms with Gasteiger partial charge < -0.3 is 5.73 Å². The smallest absolute Gasteiger partial charge is 0.369 e.